The molecule has 28 heavy (non-hydrogen) atoms. The van der Waals surface area contributed by atoms with E-state index in [4.69, 9.17) is 11.6 Å². The Morgan fingerprint density at radius 1 is 1.14 bits per heavy atom. The molecule has 1 aliphatic carbocycles. The summed E-state index contributed by atoms with van der Waals surface area (Å²) in [5.41, 5.74) is 1.28. The fraction of sp³-hybridized carbons (Fsp3) is 0.304. The van der Waals surface area contributed by atoms with E-state index in [-0.39, 0.29) is 23.1 Å². The summed E-state index contributed by atoms with van der Waals surface area (Å²) in [4.78, 5) is 28.4. The first-order valence-electron chi connectivity index (χ1n) is 9.58. The van der Waals surface area contributed by atoms with Crippen LogP contribution in [0.1, 0.15) is 19.8 Å². The molecular formula is C23H23ClN2O2. The number of amides is 2. The van der Waals surface area contributed by atoms with Crippen molar-refractivity contribution in [3.05, 3.63) is 71.8 Å². The van der Waals surface area contributed by atoms with Crippen LogP contribution in [-0.4, -0.2) is 18.4 Å². The number of anilines is 2. The number of nitrogens with zero attached hydrogens (tertiary/aromatic N) is 1. The molecule has 0 spiro atoms. The Hall–Kier alpha value is -2.59. The molecule has 4 rings (SSSR count). The monoisotopic (exact) mass is 394 g/mol. The van der Waals surface area contributed by atoms with Gasteiger partial charge < -0.3 is 10.2 Å². The Balaban J connectivity index is 1.61. The summed E-state index contributed by atoms with van der Waals surface area (Å²) in [6, 6.07) is 16.7. The van der Waals surface area contributed by atoms with Gasteiger partial charge in [0.15, 0.2) is 0 Å². The molecule has 1 saturated heterocycles. The molecule has 0 radical (unpaired) electrons. The van der Waals surface area contributed by atoms with Gasteiger partial charge in [-0.05, 0) is 54.7 Å². The van der Waals surface area contributed by atoms with E-state index in [1.54, 1.807) is 24.3 Å². The molecule has 0 bridgehead atoms. The van der Waals surface area contributed by atoms with Crippen molar-refractivity contribution in [2.45, 2.75) is 19.8 Å². The van der Waals surface area contributed by atoms with Crippen LogP contribution in [0.3, 0.4) is 0 Å². The third-order valence-electron chi connectivity index (χ3n) is 5.92. The summed E-state index contributed by atoms with van der Waals surface area (Å²) < 4.78 is 0. The number of hydrogen-bond donors (Lipinski definition) is 1. The molecule has 3 atom stereocenters. The number of hydrogen-bond acceptors (Lipinski definition) is 2. The van der Waals surface area contributed by atoms with E-state index in [1.165, 1.54) is 0 Å². The van der Waals surface area contributed by atoms with Crippen molar-refractivity contribution < 1.29 is 9.59 Å². The first kappa shape index (κ1) is 18.8. The summed E-state index contributed by atoms with van der Waals surface area (Å²) in [6.45, 7) is 2.75. The number of allylic oxidation sites excluding steroid dienone is 2. The molecule has 2 aromatic carbocycles. The average molecular weight is 395 g/mol. The van der Waals surface area contributed by atoms with Crippen molar-refractivity contribution in [1.82, 2.24) is 0 Å². The highest BCUT2D eigenvalue weighted by atomic mass is 35.5. The molecule has 0 unspecified atom stereocenters. The summed E-state index contributed by atoms with van der Waals surface area (Å²) in [6.07, 6.45) is 5.58. The Bertz CT molecular complexity index is 910. The summed E-state index contributed by atoms with van der Waals surface area (Å²) in [5.74, 6) is -0.866. The number of para-hydroxylation sites is 1. The molecule has 0 saturated carbocycles. The highest BCUT2D eigenvalue weighted by Gasteiger charge is 2.51. The van der Waals surface area contributed by atoms with E-state index in [0.717, 1.165) is 12.1 Å². The quantitative estimate of drug-likeness (QED) is 0.751. The van der Waals surface area contributed by atoms with Crippen molar-refractivity contribution in [3.63, 3.8) is 0 Å². The van der Waals surface area contributed by atoms with Crippen LogP contribution in [0.5, 0.6) is 0 Å². The van der Waals surface area contributed by atoms with Gasteiger partial charge in [-0.1, -0.05) is 48.9 Å². The lowest BCUT2D eigenvalue weighted by Crippen LogP contribution is -2.55. The summed E-state index contributed by atoms with van der Waals surface area (Å²) >= 11 is 5.93. The predicted molar refractivity (Wildman–Crippen MR) is 112 cm³/mol. The number of carbonyl (C=O) groups excluding carboxylic acids is 2. The van der Waals surface area contributed by atoms with Gasteiger partial charge in [-0.25, -0.2) is 0 Å². The van der Waals surface area contributed by atoms with Crippen LogP contribution in [-0.2, 0) is 9.59 Å². The lowest BCUT2D eigenvalue weighted by atomic mass is 9.62. The molecule has 2 amide bonds. The number of piperidine rings is 1. The second-order valence-corrected chi connectivity index (χ2v) is 8.24. The van der Waals surface area contributed by atoms with Crippen molar-refractivity contribution >= 4 is 34.8 Å². The molecule has 4 nitrogen and oxygen atoms in total. The third-order valence-corrected chi connectivity index (χ3v) is 6.18. The second-order valence-electron chi connectivity index (χ2n) is 7.80. The predicted octanol–water partition coefficient (Wildman–Crippen LogP) is 4.91. The second kappa shape index (κ2) is 7.44. The molecule has 1 heterocycles. The van der Waals surface area contributed by atoms with Gasteiger partial charge in [0, 0.05) is 22.9 Å². The molecular weight excluding hydrogens is 372 g/mol. The molecule has 144 valence electrons. The minimum atomic E-state index is -0.398. The Kier molecular flexibility index (Phi) is 4.98. The van der Waals surface area contributed by atoms with Gasteiger partial charge in [0.25, 0.3) is 0 Å². The van der Waals surface area contributed by atoms with Gasteiger partial charge in [-0.3, -0.25) is 9.59 Å². The lowest BCUT2D eigenvalue weighted by molar-refractivity contribution is -0.137. The van der Waals surface area contributed by atoms with E-state index in [0.29, 0.717) is 23.7 Å². The number of benzene rings is 2. The zero-order valence-electron chi connectivity index (χ0n) is 15.8. The fourth-order valence-electron chi connectivity index (χ4n) is 4.40. The number of rotatable bonds is 3. The number of fused-ring (bicyclic) bond motifs is 1. The lowest BCUT2D eigenvalue weighted by Gasteiger charge is -2.48. The van der Waals surface area contributed by atoms with E-state index in [2.05, 4.69) is 18.3 Å². The molecule has 2 aliphatic rings. The van der Waals surface area contributed by atoms with Crippen LogP contribution < -0.4 is 10.2 Å². The normalized spacial score (nSPS) is 26.6. The first-order chi connectivity index (χ1) is 13.5. The smallest absolute Gasteiger partial charge is 0.231 e. The molecule has 1 aliphatic heterocycles. The van der Waals surface area contributed by atoms with Gasteiger partial charge in [-0.15, -0.1) is 0 Å². The van der Waals surface area contributed by atoms with E-state index in [1.807, 2.05) is 41.3 Å². The number of halogens is 1. The van der Waals surface area contributed by atoms with Crippen LogP contribution in [0.25, 0.3) is 0 Å². The van der Waals surface area contributed by atoms with Crippen LogP contribution >= 0.6 is 11.6 Å². The van der Waals surface area contributed by atoms with E-state index < -0.39 is 5.92 Å². The van der Waals surface area contributed by atoms with Crippen LogP contribution in [0.2, 0.25) is 5.02 Å². The van der Waals surface area contributed by atoms with Crippen LogP contribution in [0.4, 0.5) is 11.4 Å². The van der Waals surface area contributed by atoms with Crippen molar-refractivity contribution in [1.29, 1.82) is 0 Å². The Morgan fingerprint density at radius 2 is 1.86 bits per heavy atom. The maximum Gasteiger partial charge on any atom is 0.231 e. The van der Waals surface area contributed by atoms with Gasteiger partial charge in [0.05, 0.1) is 11.8 Å². The molecule has 1 fully saturated rings. The Morgan fingerprint density at radius 3 is 2.57 bits per heavy atom. The standard InChI is InChI=1S/C23H23ClN2O2/c1-23-13-5-8-19(21(27)25-17-11-9-16(24)10-12-17)20(23)22(28)26(15-14-23)18-6-3-2-4-7-18/h2-7,9-13,19-20H,8,14-15H2,1H3,(H,25,27)/t19-,20+,23-/m0/s1. The molecule has 2 aromatic rings. The van der Waals surface area contributed by atoms with Gasteiger partial charge in [0.1, 0.15) is 0 Å². The fourth-order valence-corrected chi connectivity index (χ4v) is 4.52. The van der Waals surface area contributed by atoms with Gasteiger partial charge >= 0.3 is 0 Å². The van der Waals surface area contributed by atoms with Crippen LogP contribution in [0, 0.1) is 17.3 Å². The number of carbonyl (C=O) groups is 2. The van der Waals surface area contributed by atoms with E-state index >= 15 is 0 Å². The highest BCUT2D eigenvalue weighted by Crippen LogP contribution is 2.47. The topological polar surface area (TPSA) is 49.4 Å². The molecule has 1 N–H and O–H groups in total. The van der Waals surface area contributed by atoms with Crippen LogP contribution in [0.15, 0.2) is 66.7 Å². The maximum atomic E-state index is 13.5. The first-order valence-corrected chi connectivity index (χ1v) is 9.96. The zero-order valence-corrected chi connectivity index (χ0v) is 16.5. The maximum absolute atomic E-state index is 13.5. The minimum absolute atomic E-state index is 0.0283. The minimum Gasteiger partial charge on any atom is -0.326 e. The number of nitrogens with one attached hydrogen (secondary N) is 1. The highest BCUT2D eigenvalue weighted by molar-refractivity contribution is 6.30. The largest absolute Gasteiger partial charge is 0.326 e. The van der Waals surface area contributed by atoms with Crippen molar-refractivity contribution in [2.75, 3.05) is 16.8 Å². The van der Waals surface area contributed by atoms with Crippen molar-refractivity contribution in [3.8, 4) is 0 Å². The summed E-state index contributed by atoms with van der Waals surface area (Å²) in [7, 11) is 0. The van der Waals surface area contributed by atoms with Gasteiger partial charge in [0.2, 0.25) is 11.8 Å². The molecule has 0 aromatic heterocycles. The Labute approximate surface area is 170 Å². The van der Waals surface area contributed by atoms with Gasteiger partial charge in [-0.2, -0.15) is 0 Å². The van der Waals surface area contributed by atoms with E-state index in [9.17, 15) is 9.59 Å². The zero-order chi connectivity index (χ0) is 19.7. The molecule has 5 heteroatoms. The SMILES string of the molecule is C[C@@]12C=CC[C@H](C(=O)Nc3ccc(Cl)cc3)[C@@H]1C(=O)N(c1ccccc1)CC2. The summed E-state index contributed by atoms with van der Waals surface area (Å²) in [5, 5.41) is 3.58. The third kappa shape index (κ3) is 3.45. The van der Waals surface area contributed by atoms with Crippen molar-refractivity contribution in [2.24, 2.45) is 17.3 Å². The average Bonchev–Trinajstić information content (AvgIpc) is 2.70.